The highest BCUT2D eigenvalue weighted by atomic mass is 16.5. The number of ether oxygens (including phenoxy) is 2. The summed E-state index contributed by atoms with van der Waals surface area (Å²) in [5, 5.41) is 42.7. The quantitative estimate of drug-likeness (QED) is 0.118. The summed E-state index contributed by atoms with van der Waals surface area (Å²) in [6.07, 6.45) is 9.68. The lowest BCUT2D eigenvalue weighted by Crippen LogP contribution is -2.27. The van der Waals surface area contributed by atoms with Crippen LogP contribution in [0.2, 0.25) is 0 Å². The molecule has 6 N–H and O–H groups in total. The van der Waals surface area contributed by atoms with E-state index in [4.69, 9.17) is 31.1 Å². The van der Waals surface area contributed by atoms with Crippen LogP contribution in [-0.4, -0.2) is 88.3 Å². The molecular formula is C32H40N18O4. The third-order valence-electron chi connectivity index (χ3n) is 9.31. The normalized spacial score (nSPS) is 17.8. The standard InChI is InChI=1S/C32H40N18O4/c1-47-29(17(14-39-47)31(51)53-3)43-41-25-23(19-9-5-7-11-35-19)45-49(27(25)33)21-13-22(38-16-37-21)50-28(34)26(24(46-50)20-10-6-8-12-36-20)42-44-30-18(32(52)54-4)15-40-48(30)2/h13-16,19-20,35-36H,5-12,33-34H2,1-4H3. The van der Waals surface area contributed by atoms with Crippen LogP contribution < -0.4 is 22.1 Å². The van der Waals surface area contributed by atoms with Gasteiger partial charge in [-0.3, -0.25) is 0 Å². The molecule has 0 aliphatic carbocycles. The van der Waals surface area contributed by atoms with Crippen molar-refractivity contribution in [3.05, 3.63) is 47.3 Å². The highest BCUT2D eigenvalue weighted by molar-refractivity contribution is 5.94. The number of carbonyl (C=O) groups is 2. The highest BCUT2D eigenvalue weighted by Crippen LogP contribution is 2.39. The fourth-order valence-corrected chi connectivity index (χ4v) is 6.45. The van der Waals surface area contributed by atoms with E-state index in [2.05, 4.69) is 51.3 Å². The van der Waals surface area contributed by atoms with E-state index in [0.717, 1.165) is 51.6 Å². The van der Waals surface area contributed by atoms with Crippen molar-refractivity contribution in [2.45, 2.75) is 50.6 Å². The molecule has 2 atom stereocenters. The maximum absolute atomic E-state index is 12.4. The van der Waals surface area contributed by atoms with Gasteiger partial charge in [-0.05, 0) is 38.8 Å². The van der Waals surface area contributed by atoms with Crippen molar-refractivity contribution in [3.63, 3.8) is 0 Å². The van der Waals surface area contributed by atoms with Gasteiger partial charge in [0.25, 0.3) is 0 Å². The monoisotopic (exact) mass is 740 g/mol. The van der Waals surface area contributed by atoms with Gasteiger partial charge in [0.15, 0.2) is 46.3 Å². The number of esters is 2. The number of nitrogen functional groups attached to an aromatic ring is 2. The van der Waals surface area contributed by atoms with E-state index < -0.39 is 11.9 Å². The molecule has 2 aliphatic rings. The highest BCUT2D eigenvalue weighted by Gasteiger charge is 2.29. The summed E-state index contributed by atoms with van der Waals surface area (Å²) in [6, 6.07) is 1.31. The molecule has 2 unspecified atom stereocenters. The molecule has 2 saturated heterocycles. The molecule has 5 aromatic heterocycles. The Hall–Kier alpha value is -6.42. The largest absolute Gasteiger partial charge is 0.465 e. The van der Waals surface area contributed by atoms with Gasteiger partial charge in [0.05, 0.1) is 38.7 Å². The van der Waals surface area contributed by atoms with Crippen molar-refractivity contribution >= 4 is 46.6 Å². The zero-order chi connectivity index (χ0) is 37.9. The number of nitrogens with zero attached hydrogens (tertiary/aromatic N) is 14. The molecule has 0 aromatic carbocycles. The molecule has 7 heterocycles. The van der Waals surface area contributed by atoms with Gasteiger partial charge in [-0.1, -0.05) is 12.8 Å². The summed E-state index contributed by atoms with van der Waals surface area (Å²) < 4.78 is 15.5. The maximum Gasteiger partial charge on any atom is 0.343 e. The van der Waals surface area contributed by atoms with E-state index in [1.54, 1.807) is 20.2 Å². The Kier molecular flexibility index (Phi) is 10.2. The molecule has 0 radical (unpaired) electrons. The number of rotatable bonds is 10. The van der Waals surface area contributed by atoms with Crippen LogP contribution in [0.4, 0.5) is 34.6 Å². The van der Waals surface area contributed by atoms with Crippen molar-refractivity contribution in [2.75, 3.05) is 38.8 Å². The molecule has 54 heavy (non-hydrogen) atoms. The molecule has 22 heteroatoms. The molecule has 0 bridgehead atoms. The van der Waals surface area contributed by atoms with Crippen LogP contribution in [0.25, 0.3) is 11.6 Å². The van der Waals surface area contributed by atoms with Crippen molar-refractivity contribution in [1.82, 2.24) is 59.7 Å². The van der Waals surface area contributed by atoms with Gasteiger partial charge in [-0.2, -0.15) is 29.8 Å². The van der Waals surface area contributed by atoms with Gasteiger partial charge in [-0.15, -0.1) is 20.5 Å². The van der Waals surface area contributed by atoms with Crippen LogP contribution >= 0.6 is 0 Å². The minimum atomic E-state index is -0.601. The van der Waals surface area contributed by atoms with Crippen LogP contribution in [0, 0.1) is 0 Å². The third-order valence-corrected chi connectivity index (χ3v) is 9.31. The first-order chi connectivity index (χ1) is 26.2. The number of anilines is 2. The molecule has 0 saturated carbocycles. The van der Waals surface area contributed by atoms with E-state index in [9.17, 15) is 9.59 Å². The molecule has 0 spiro atoms. The van der Waals surface area contributed by atoms with E-state index in [-0.39, 0.29) is 46.5 Å². The molecule has 2 aliphatic heterocycles. The summed E-state index contributed by atoms with van der Waals surface area (Å²) >= 11 is 0. The minimum Gasteiger partial charge on any atom is -0.465 e. The van der Waals surface area contributed by atoms with E-state index in [1.165, 1.54) is 51.7 Å². The number of methoxy groups -OCH3 is 2. The second-order valence-electron chi connectivity index (χ2n) is 12.7. The Balaban J connectivity index is 1.30. The Bertz CT molecular complexity index is 2080. The third kappa shape index (κ3) is 6.78. The van der Waals surface area contributed by atoms with Gasteiger partial charge in [0, 0.05) is 20.2 Å². The first-order valence-electron chi connectivity index (χ1n) is 17.3. The lowest BCUT2D eigenvalue weighted by molar-refractivity contribution is 0.0592. The van der Waals surface area contributed by atoms with Gasteiger partial charge < -0.3 is 31.6 Å². The summed E-state index contributed by atoms with van der Waals surface area (Å²) in [4.78, 5) is 33.7. The number of nitrogens with two attached hydrogens (primary N) is 2. The second-order valence-corrected chi connectivity index (χ2v) is 12.7. The Morgan fingerprint density at radius 2 is 1.17 bits per heavy atom. The van der Waals surface area contributed by atoms with E-state index in [0.29, 0.717) is 34.4 Å². The number of aryl methyl sites for hydroxylation is 2. The number of carbonyl (C=O) groups excluding carboxylic acids is 2. The van der Waals surface area contributed by atoms with Gasteiger partial charge in [-0.25, -0.2) is 28.9 Å². The smallest absolute Gasteiger partial charge is 0.343 e. The second kappa shape index (κ2) is 15.3. The van der Waals surface area contributed by atoms with E-state index >= 15 is 0 Å². The van der Waals surface area contributed by atoms with Crippen LogP contribution in [0.15, 0.2) is 45.2 Å². The van der Waals surface area contributed by atoms with Crippen LogP contribution in [0.3, 0.4) is 0 Å². The average molecular weight is 741 g/mol. The number of aromatic nitrogens is 10. The van der Waals surface area contributed by atoms with Crippen molar-refractivity contribution in [3.8, 4) is 11.6 Å². The lowest BCUT2D eigenvalue weighted by atomic mass is 10.0. The summed E-state index contributed by atoms with van der Waals surface area (Å²) in [6.45, 7) is 1.59. The fraction of sp³-hybridized carbons (Fsp3) is 0.438. The summed E-state index contributed by atoms with van der Waals surface area (Å²) in [5.74, 6) is 0.0971. The Morgan fingerprint density at radius 1 is 0.722 bits per heavy atom. The predicted octanol–water partition coefficient (Wildman–Crippen LogP) is 3.51. The number of hydrogen-bond acceptors (Lipinski definition) is 18. The maximum atomic E-state index is 12.4. The minimum absolute atomic E-state index is 0.148. The first kappa shape index (κ1) is 36.0. The predicted molar refractivity (Wildman–Crippen MR) is 192 cm³/mol. The number of azo groups is 2. The Morgan fingerprint density at radius 3 is 1.56 bits per heavy atom. The van der Waals surface area contributed by atoms with Crippen LogP contribution in [0.5, 0.6) is 0 Å². The van der Waals surface area contributed by atoms with Crippen LogP contribution in [-0.2, 0) is 23.6 Å². The first-order valence-corrected chi connectivity index (χ1v) is 17.3. The molecule has 282 valence electrons. The van der Waals surface area contributed by atoms with E-state index in [1.807, 2.05) is 0 Å². The van der Waals surface area contributed by atoms with Gasteiger partial charge >= 0.3 is 11.9 Å². The zero-order valence-corrected chi connectivity index (χ0v) is 30.2. The molecular weight excluding hydrogens is 700 g/mol. The molecule has 2 fully saturated rings. The molecule has 22 nitrogen and oxygen atoms in total. The van der Waals surface area contributed by atoms with Gasteiger partial charge in [0.1, 0.15) is 28.8 Å². The van der Waals surface area contributed by atoms with Crippen LogP contribution in [0.1, 0.15) is 82.7 Å². The van der Waals surface area contributed by atoms with Gasteiger partial charge in [0.2, 0.25) is 0 Å². The average Bonchev–Trinajstić information content (AvgIpc) is 3.95. The topological polar surface area (TPSA) is 275 Å². The molecule has 5 aromatic rings. The fourth-order valence-electron chi connectivity index (χ4n) is 6.45. The summed E-state index contributed by atoms with van der Waals surface area (Å²) in [5.41, 5.74) is 15.5. The number of piperidine rings is 2. The Labute approximate surface area is 308 Å². The molecule has 7 rings (SSSR count). The number of nitrogens with one attached hydrogen (secondary N) is 2. The van der Waals surface area contributed by atoms with Crippen molar-refractivity contribution in [2.24, 2.45) is 34.6 Å². The lowest BCUT2D eigenvalue weighted by Gasteiger charge is -2.21. The summed E-state index contributed by atoms with van der Waals surface area (Å²) in [7, 11) is 5.84. The number of hydrogen-bond donors (Lipinski definition) is 4. The SMILES string of the molecule is COC(=O)c1cnn(C)c1N=Nc1c(C2CCCCN2)nn(-c2cc(-n3nc(C4CCCCN4)c(N=Nc4c(C(=O)OC)cnn4C)c3N)ncn2)c1N. The zero-order valence-electron chi connectivity index (χ0n) is 30.2. The molecule has 0 amide bonds. The van der Waals surface area contributed by atoms with Crippen molar-refractivity contribution in [1.29, 1.82) is 0 Å². The van der Waals surface area contributed by atoms with Crippen molar-refractivity contribution < 1.29 is 19.1 Å².